The lowest BCUT2D eigenvalue weighted by molar-refractivity contribution is -0.145. The fraction of sp³-hybridized carbons (Fsp3) is 0.581. The Hall–Kier alpha value is -3.53. The van der Waals surface area contributed by atoms with Gasteiger partial charge in [-0.1, -0.05) is 49.3 Å². The van der Waals surface area contributed by atoms with Crippen molar-refractivity contribution in [3.8, 4) is 0 Å². The normalized spacial score (nSPS) is 27.5. The lowest BCUT2D eigenvalue weighted by atomic mass is 9.71. The van der Waals surface area contributed by atoms with Crippen LogP contribution in [0.4, 0.5) is 0 Å². The molecule has 41 heavy (non-hydrogen) atoms. The number of hydrogen-bond acceptors (Lipinski definition) is 7. The highest BCUT2D eigenvalue weighted by Gasteiger charge is 2.61. The summed E-state index contributed by atoms with van der Waals surface area (Å²) in [5.41, 5.74) is 1.49. The molecule has 2 amide bonds. The molecule has 4 heterocycles. The van der Waals surface area contributed by atoms with E-state index in [1.807, 2.05) is 53.3 Å². The van der Waals surface area contributed by atoms with Crippen LogP contribution in [0, 0.1) is 16.7 Å². The van der Waals surface area contributed by atoms with Crippen LogP contribution in [0.2, 0.25) is 0 Å². The van der Waals surface area contributed by atoms with E-state index in [-0.39, 0.29) is 46.5 Å². The predicted octanol–water partition coefficient (Wildman–Crippen LogP) is 3.71. The van der Waals surface area contributed by atoms with Crippen molar-refractivity contribution < 1.29 is 18.8 Å². The Morgan fingerprint density at radius 3 is 2.54 bits per heavy atom. The van der Waals surface area contributed by atoms with E-state index in [1.54, 1.807) is 10.9 Å². The maximum absolute atomic E-state index is 13.7. The van der Waals surface area contributed by atoms with Crippen molar-refractivity contribution in [2.45, 2.75) is 64.5 Å². The topological polar surface area (TPSA) is 107 Å². The van der Waals surface area contributed by atoms with Crippen molar-refractivity contribution in [1.82, 2.24) is 29.7 Å². The molecule has 2 saturated carbocycles. The summed E-state index contributed by atoms with van der Waals surface area (Å²) in [6.45, 7) is 9.89. The summed E-state index contributed by atoms with van der Waals surface area (Å²) in [5.74, 6) is 1.70. The number of nitrogens with zero attached hydrogens (tertiary/aromatic N) is 6. The molecule has 10 heteroatoms. The molecule has 2 atom stereocenters. The molecule has 1 unspecified atom stereocenters. The second kappa shape index (κ2) is 9.79. The van der Waals surface area contributed by atoms with Crippen LogP contribution in [-0.2, 0) is 16.1 Å². The van der Waals surface area contributed by atoms with E-state index < -0.39 is 0 Å². The summed E-state index contributed by atoms with van der Waals surface area (Å²) < 4.78 is 13.3. The van der Waals surface area contributed by atoms with Gasteiger partial charge in [0.1, 0.15) is 0 Å². The predicted molar refractivity (Wildman–Crippen MR) is 149 cm³/mol. The minimum absolute atomic E-state index is 0.0541. The standard InChI is InChI=1S/C31H38N6O4/c1-4-40-23-10-21(11-23)27-33-26(34-41-27)25-16-35(17-31(25)18-36(19-31)29(39)24-12-30(24,2)3)28(38)22-13-32-37(15-22)14-20-8-6-5-7-9-20/h5-9,13,15,21,23-25H,4,10-12,14,16-19H2,1-3H3/t21-,23+,24-,25?/m1/s1. The van der Waals surface area contributed by atoms with Crippen LogP contribution in [0.3, 0.4) is 0 Å². The van der Waals surface area contributed by atoms with Crippen LogP contribution >= 0.6 is 0 Å². The lowest BCUT2D eigenvalue weighted by Gasteiger charge is -2.50. The molecule has 2 aromatic heterocycles. The molecule has 0 radical (unpaired) electrons. The van der Waals surface area contributed by atoms with Gasteiger partial charge in [0.15, 0.2) is 5.82 Å². The zero-order chi connectivity index (χ0) is 28.4. The largest absolute Gasteiger partial charge is 0.378 e. The monoisotopic (exact) mass is 558 g/mol. The van der Waals surface area contributed by atoms with Gasteiger partial charge in [-0.15, -0.1) is 0 Å². The highest BCUT2D eigenvalue weighted by Crippen LogP contribution is 2.55. The summed E-state index contributed by atoms with van der Waals surface area (Å²) in [7, 11) is 0. The zero-order valence-electron chi connectivity index (χ0n) is 24.0. The summed E-state index contributed by atoms with van der Waals surface area (Å²) in [6, 6.07) is 10.1. The number of amides is 2. The molecule has 1 spiro atoms. The van der Waals surface area contributed by atoms with Crippen LogP contribution in [0.1, 0.15) is 79.5 Å². The van der Waals surface area contributed by atoms with Gasteiger partial charge < -0.3 is 19.1 Å². The van der Waals surface area contributed by atoms with E-state index in [2.05, 4.69) is 24.1 Å². The van der Waals surface area contributed by atoms with Crippen molar-refractivity contribution in [2.75, 3.05) is 32.8 Å². The number of hydrogen-bond donors (Lipinski definition) is 0. The Balaban J connectivity index is 1.08. The maximum Gasteiger partial charge on any atom is 0.257 e. The van der Waals surface area contributed by atoms with E-state index in [4.69, 9.17) is 14.2 Å². The molecule has 2 aliphatic carbocycles. The van der Waals surface area contributed by atoms with Gasteiger partial charge in [0.25, 0.3) is 5.91 Å². The van der Waals surface area contributed by atoms with Crippen LogP contribution in [0.15, 0.2) is 47.2 Å². The minimum Gasteiger partial charge on any atom is -0.378 e. The molecule has 0 bridgehead atoms. The van der Waals surface area contributed by atoms with Gasteiger partial charge >= 0.3 is 0 Å². The average molecular weight is 559 g/mol. The molecule has 7 rings (SSSR count). The molecular weight excluding hydrogens is 520 g/mol. The van der Waals surface area contributed by atoms with Crippen molar-refractivity contribution in [3.05, 3.63) is 65.6 Å². The first-order valence-electron chi connectivity index (χ1n) is 14.8. The second-order valence-corrected chi connectivity index (χ2v) is 13.2. The number of benzene rings is 1. The lowest BCUT2D eigenvalue weighted by Crippen LogP contribution is -2.62. The van der Waals surface area contributed by atoms with E-state index in [0.29, 0.717) is 56.6 Å². The third kappa shape index (κ3) is 4.75. The Morgan fingerprint density at radius 1 is 1.10 bits per heavy atom. The zero-order valence-corrected chi connectivity index (χ0v) is 24.0. The Morgan fingerprint density at radius 2 is 1.83 bits per heavy atom. The number of ether oxygens (including phenoxy) is 1. The smallest absolute Gasteiger partial charge is 0.257 e. The first kappa shape index (κ1) is 26.4. The molecule has 216 valence electrons. The van der Waals surface area contributed by atoms with Crippen LogP contribution in [0.25, 0.3) is 0 Å². The molecule has 1 aromatic carbocycles. The second-order valence-electron chi connectivity index (χ2n) is 13.2. The van der Waals surface area contributed by atoms with Gasteiger partial charge in [0, 0.05) is 56.2 Å². The SMILES string of the molecule is CCO[C@H]1C[C@@H](c2nc(C3CN(C(=O)c4cnn(Cc5ccccc5)c4)CC34CN(C(=O)[C@H]3CC3(C)C)C4)no2)C1. The first-order chi connectivity index (χ1) is 19.7. The fourth-order valence-electron chi connectivity index (χ4n) is 6.99. The van der Waals surface area contributed by atoms with Crippen LogP contribution < -0.4 is 0 Å². The molecule has 4 fully saturated rings. The molecule has 2 aliphatic heterocycles. The quantitative estimate of drug-likeness (QED) is 0.415. The molecule has 3 aromatic rings. The highest BCUT2D eigenvalue weighted by atomic mass is 16.5. The molecule has 4 aliphatic rings. The summed E-state index contributed by atoms with van der Waals surface area (Å²) >= 11 is 0. The van der Waals surface area contributed by atoms with E-state index in [0.717, 1.165) is 24.8 Å². The van der Waals surface area contributed by atoms with Gasteiger partial charge in [-0.25, -0.2) is 0 Å². The fourth-order valence-corrected chi connectivity index (χ4v) is 6.99. The summed E-state index contributed by atoms with van der Waals surface area (Å²) in [6.07, 6.45) is 6.44. The third-order valence-corrected chi connectivity index (χ3v) is 9.75. The van der Waals surface area contributed by atoms with E-state index in [9.17, 15) is 9.59 Å². The maximum atomic E-state index is 13.7. The number of carbonyl (C=O) groups excluding carboxylic acids is 2. The minimum atomic E-state index is -0.279. The van der Waals surface area contributed by atoms with Gasteiger partial charge in [-0.2, -0.15) is 10.1 Å². The molecule has 10 nitrogen and oxygen atoms in total. The number of likely N-dealkylation sites (tertiary alicyclic amines) is 2. The highest BCUT2D eigenvalue weighted by molar-refractivity contribution is 5.94. The summed E-state index contributed by atoms with van der Waals surface area (Å²) in [5, 5.41) is 8.87. The number of aromatic nitrogens is 4. The Labute approximate surface area is 240 Å². The van der Waals surface area contributed by atoms with Crippen molar-refractivity contribution in [1.29, 1.82) is 0 Å². The third-order valence-electron chi connectivity index (χ3n) is 9.75. The molecular formula is C31H38N6O4. The van der Waals surface area contributed by atoms with Crippen molar-refractivity contribution >= 4 is 11.8 Å². The molecule has 0 N–H and O–H groups in total. The number of rotatable bonds is 8. The van der Waals surface area contributed by atoms with Gasteiger partial charge in [-0.05, 0) is 37.2 Å². The average Bonchev–Trinajstić information content (AvgIpc) is 3.38. The van der Waals surface area contributed by atoms with Gasteiger partial charge in [-0.3, -0.25) is 14.3 Å². The molecule has 2 saturated heterocycles. The van der Waals surface area contributed by atoms with E-state index in [1.165, 1.54) is 0 Å². The van der Waals surface area contributed by atoms with E-state index >= 15 is 0 Å². The Bertz CT molecular complexity index is 1440. The van der Waals surface area contributed by atoms with Crippen LogP contribution in [0.5, 0.6) is 0 Å². The van der Waals surface area contributed by atoms with Crippen molar-refractivity contribution in [3.63, 3.8) is 0 Å². The first-order valence-corrected chi connectivity index (χ1v) is 14.8. The summed E-state index contributed by atoms with van der Waals surface area (Å²) in [4.78, 5) is 35.6. The number of carbonyl (C=O) groups is 2. The van der Waals surface area contributed by atoms with Crippen LogP contribution in [-0.4, -0.2) is 80.4 Å². The Kier molecular flexibility index (Phi) is 6.30. The van der Waals surface area contributed by atoms with Gasteiger partial charge in [0.2, 0.25) is 11.8 Å². The van der Waals surface area contributed by atoms with Crippen molar-refractivity contribution in [2.24, 2.45) is 16.7 Å². The van der Waals surface area contributed by atoms with Gasteiger partial charge in [0.05, 0.1) is 30.3 Å².